The van der Waals surface area contributed by atoms with Crippen LogP contribution in [-0.2, 0) is 6.54 Å². The highest BCUT2D eigenvalue weighted by molar-refractivity contribution is 5.61. The molecule has 1 N–H and O–H groups in total. The molecule has 0 bridgehead atoms. The van der Waals surface area contributed by atoms with Crippen LogP contribution < -0.4 is 5.32 Å². The van der Waals surface area contributed by atoms with Gasteiger partial charge in [-0.1, -0.05) is 18.2 Å². The number of benzene rings is 2. The lowest BCUT2D eigenvalue weighted by atomic mass is 10.2. The first-order valence-corrected chi connectivity index (χ1v) is 6.50. The van der Waals surface area contributed by atoms with Crippen molar-refractivity contribution in [2.24, 2.45) is 0 Å². The van der Waals surface area contributed by atoms with Gasteiger partial charge < -0.3 is 9.88 Å². The van der Waals surface area contributed by atoms with Crippen molar-refractivity contribution in [3.63, 3.8) is 0 Å². The first-order valence-electron chi connectivity index (χ1n) is 6.50. The zero-order chi connectivity index (χ0) is 14.7. The Bertz CT molecular complexity index is 719. The fourth-order valence-corrected chi connectivity index (χ4v) is 2.13. The highest BCUT2D eigenvalue weighted by atomic mass is 19.1. The highest BCUT2D eigenvalue weighted by Crippen LogP contribution is 2.21. The summed E-state index contributed by atoms with van der Waals surface area (Å²) in [6, 6.07) is 11.4. The number of rotatable bonds is 4. The molecular formula is C16H13F2N3. The van der Waals surface area contributed by atoms with Crippen molar-refractivity contribution in [2.75, 3.05) is 5.32 Å². The number of nitrogens with zero attached hydrogens (tertiary/aromatic N) is 2. The van der Waals surface area contributed by atoms with E-state index < -0.39 is 11.6 Å². The van der Waals surface area contributed by atoms with Crippen LogP contribution in [0.4, 0.5) is 14.5 Å². The lowest BCUT2D eigenvalue weighted by Crippen LogP contribution is -2.07. The van der Waals surface area contributed by atoms with Crippen LogP contribution in [-0.4, -0.2) is 9.55 Å². The van der Waals surface area contributed by atoms with E-state index in [2.05, 4.69) is 10.3 Å². The third kappa shape index (κ3) is 2.76. The van der Waals surface area contributed by atoms with E-state index in [0.29, 0.717) is 0 Å². The van der Waals surface area contributed by atoms with Crippen LogP contribution in [0.2, 0.25) is 0 Å². The lowest BCUT2D eigenvalue weighted by molar-refractivity contribution is 0.560. The Kier molecular flexibility index (Phi) is 3.64. The highest BCUT2D eigenvalue weighted by Gasteiger charge is 2.09. The van der Waals surface area contributed by atoms with Crippen molar-refractivity contribution in [1.29, 1.82) is 0 Å². The normalized spacial score (nSPS) is 10.6. The number of anilines is 1. The molecule has 0 unspecified atom stereocenters. The Hall–Kier alpha value is -2.69. The summed E-state index contributed by atoms with van der Waals surface area (Å²) >= 11 is 0. The minimum atomic E-state index is -0.553. The molecule has 2 aromatic carbocycles. The van der Waals surface area contributed by atoms with Crippen molar-refractivity contribution in [3.8, 4) is 5.69 Å². The minimum Gasteiger partial charge on any atom is -0.379 e. The van der Waals surface area contributed by atoms with E-state index in [4.69, 9.17) is 0 Å². The van der Waals surface area contributed by atoms with Crippen molar-refractivity contribution >= 4 is 5.69 Å². The van der Waals surface area contributed by atoms with Gasteiger partial charge in [-0.25, -0.2) is 13.8 Å². The number of aromatic nitrogens is 2. The summed E-state index contributed by atoms with van der Waals surface area (Å²) in [6.07, 6.45) is 5.15. The fraction of sp³-hybridized carbons (Fsp3) is 0.0625. The van der Waals surface area contributed by atoms with Gasteiger partial charge in [0.2, 0.25) is 0 Å². The van der Waals surface area contributed by atoms with Crippen molar-refractivity contribution in [3.05, 3.63) is 78.4 Å². The average Bonchev–Trinajstić information content (AvgIpc) is 3.01. The summed E-state index contributed by atoms with van der Waals surface area (Å²) in [4.78, 5) is 4.00. The number of nitrogens with one attached hydrogen (secondary N) is 1. The second-order valence-corrected chi connectivity index (χ2v) is 4.54. The minimum absolute atomic E-state index is 0.0259. The van der Waals surface area contributed by atoms with Crippen LogP contribution >= 0.6 is 0 Å². The van der Waals surface area contributed by atoms with Crippen LogP contribution in [0.25, 0.3) is 5.69 Å². The molecule has 1 heterocycles. The molecule has 0 aliphatic carbocycles. The molecule has 1 aromatic heterocycles. The van der Waals surface area contributed by atoms with Gasteiger partial charge in [0.15, 0.2) is 0 Å². The van der Waals surface area contributed by atoms with Crippen LogP contribution in [0.15, 0.2) is 61.2 Å². The maximum Gasteiger partial charge on any atom is 0.131 e. The Morgan fingerprint density at radius 1 is 1.00 bits per heavy atom. The maximum atomic E-state index is 13.6. The molecule has 0 fully saturated rings. The molecule has 3 rings (SSSR count). The Morgan fingerprint density at radius 3 is 2.48 bits per heavy atom. The molecule has 0 radical (unpaired) electrons. The van der Waals surface area contributed by atoms with E-state index in [1.807, 2.05) is 35.0 Å². The summed E-state index contributed by atoms with van der Waals surface area (Å²) in [7, 11) is 0. The molecule has 21 heavy (non-hydrogen) atoms. The van der Waals surface area contributed by atoms with Gasteiger partial charge in [0.05, 0.1) is 17.7 Å². The van der Waals surface area contributed by atoms with E-state index >= 15 is 0 Å². The monoisotopic (exact) mass is 285 g/mol. The second-order valence-electron chi connectivity index (χ2n) is 4.54. The van der Waals surface area contributed by atoms with Crippen LogP contribution in [0.5, 0.6) is 0 Å². The van der Waals surface area contributed by atoms with Crippen molar-refractivity contribution in [2.45, 2.75) is 6.54 Å². The number of para-hydroxylation sites is 2. The molecule has 3 aromatic rings. The van der Waals surface area contributed by atoms with Crippen LogP contribution in [0, 0.1) is 11.6 Å². The van der Waals surface area contributed by atoms with Gasteiger partial charge in [-0.2, -0.15) is 0 Å². The summed E-state index contributed by atoms with van der Waals surface area (Å²) in [5.41, 5.74) is 1.67. The summed E-state index contributed by atoms with van der Waals surface area (Å²) in [5, 5.41) is 3.07. The van der Waals surface area contributed by atoms with E-state index in [-0.39, 0.29) is 12.1 Å². The molecular weight excluding hydrogens is 272 g/mol. The number of hydrogen-bond acceptors (Lipinski definition) is 2. The standard InChI is InChI=1S/C16H13F2N3/c17-13-4-3-5-14(18)12(13)10-20-15-6-1-2-7-16(15)21-9-8-19-11-21/h1-9,11,20H,10H2. The molecule has 3 nitrogen and oxygen atoms in total. The summed E-state index contributed by atoms with van der Waals surface area (Å²) < 4.78 is 29.1. The van der Waals surface area contributed by atoms with Crippen LogP contribution in [0.1, 0.15) is 5.56 Å². The second kappa shape index (κ2) is 5.75. The fourth-order valence-electron chi connectivity index (χ4n) is 2.13. The van der Waals surface area contributed by atoms with E-state index in [1.54, 1.807) is 12.5 Å². The molecule has 0 aliphatic heterocycles. The predicted molar refractivity (Wildman–Crippen MR) is 77.2 cm³/mol. The Balaban J connectivity index is 1.86. The Morgan fingerprint density at radius 2 is 1.76 bits per heavy atom. The largest absolute Gasteiger partial charge is 0.379 e. The molecule has 0 saturated heterocycles. The van der Waals surface area contributed by atoms with Crippen LogP contribution in [0.3, 0.4) is 0 Å². The van der Waals surface area contributed by atoms with Gasteiger partial charge in [-0.15, -0.1) is 0 Å². The zero-order valence-corrected chi connectivity index (χ0v) is 11.1. The first kappa shape index (κ1) is 13.3. The van der Waals surface area contributed by atoms with Gasteiger partial charge >= 0.3 is 0 Å². The van der Waals surface area contributed by atoms with Gasteiger partial charge in [0.25, 0.3) is 0 Å². The molecule has 0 amide bonds. The quantitative estimate of drug-likeness (QED) is 0.791. The first-order chi connectivity index (χ1) is 10.3. The molecule has 0 spiro atoms. The van der Waals surface area contributed by atoms with E-state index in [9.17, 15) is 8.78 Å². The molecule has 5 heteroatoms. The van der Waals surface area contributed by atoms with E-state index in [1.165, 1.54) is 18.2 Å². The average molecular weight is 285 g/mol. The molecule has 0 saturated carbocycles. The number of imidazole rings is 1. The lowest BCUT2D eigenvalue weighted by Gasteiger charge is -2.13. The van der Waals surface area contributed by atoms with E-state index in [0.717, 1.165) is 11.4 Å². The smallest absolute Gasteiger partial charge is 0.131 e. The maximum absolute atomic E-state index is 13.6. The molecule has 0 aliphatic rings. The van der Waals surface area contributed by atoms with Gasteiger partial charge in [0, 0.05) is 24.5 Å². The van der Waals surface area contributed by atoms with Gasteiger partial charge in [-0.05, 0) is 24.3 Å². The zero-order valence-electron chi connectivity index (χ0n) is 11.1. The topological polar surface area (TPSA) is 29.9 Å². The third-order valence-electron chi connectivity index (χ3n) is 3.20. The van der Waals surface area contributed by atoms with Gasteiger partial charge in [-0.3, -0.25) is 0 Å². The van der Waals surface area contributed by atoms with Crippen molar-refractivity contribution in [1.82, 2.24) is 9.55 Å². The molecule has 0 atom stereocenters. The number of halogens is 2. The third-order valence-corrected chi connectivity index (χ3v) is 3.20. The molecule has 106 valence electrons. The van der Waals surface area contributed by atoms with Crippen molar-refractivity contribution < 1.29 is 8.78 Å². The van der Waals surface area contributed by atoms with Gasteiger partial charge in [0.1, 0.15) is 11.6 Å². The Labute approximate surface area is 120 Å². The SMILES string of the molecule is Fc1cccc(F)c1CNc1ccccc1-n1ccnc1. The summed E-state index contributed by atoms with van der Waals surface area (Å²) in [5.74, 6) is -1.11. The predicted octanol–water partition coefficient (Wildman–Crippen LogP) is 3.76. The summed E-state index contributed by atoms with van der Waals surface area (Å²) in [6.45, 7) is 0.0736. The number of hydrogen-bond donors (Lipinski definition) is 1.